The van der Waals surface area contributed by atoms with Crippen LogP contribution in [-0.4, -0.2) is 42.4 Å². The minimum absolute atomic E-state index is 0.217. The van der Waals surface area contributed by atoms with Gasteiger partial charge in [0.15, 0.2) is 0 Å². The largest absolute Gasteiger partial charge is 0.367 e. The summed E-state index contributed by atoms with van der Waals surface area (Å²) in [6, 6.07) is 0. The summed E-state index contributed by atoms with van der Waals surface area (Å²) < 4.78 is 0. The Bertz CT molecular complexity index is 267. The Balaban J connectivity index is 2.10. The highest BCUT2D eigenvalue weighted by molar-refractivity contribution is 5.92. The fourth-order valence-electron chi connectivity index (χ4n) is 2.35. The summed E-state index contributed by atoms with van der Waals surface area (Å²) in [6.45, 7) is 3.02. The molecule has 2 rings (SSSR count). The molecule has 0 N–H and O–H groups in total. The Morgan fingerprint density at radius 2 is 1.80 bits per heavy atom. The van der Waals surface area contributed by atoms with Crippen molar-refractivity contribution in [3.8, 4) is 0 Å². The molecule has 2 aliphatic heterocycles. The average molecular weight is 208 g/mol. The number of piperidine rings is 1. The second kappa shape index (κ2) is 4.69. The number of nitrogens with zero attached hydrogens (tertiary/aromatic N) is 2. The second-order valence-corrected chi connectivity index (χ2v) is 4.51. The molecule has 2 aliphatic rings. The molecule has 0 radical (unpaired) electrons. The number of carbonyl (C=O) groups is 1. The topological polar surface area (TPSA) is 23.6 Å². The fourth-order valence-corrected chi connectivity index (χ4v) is 2.35. The van der Waals surface area contributed by atoms with Crippen molar-refractivity contribution in [1.82, 2.24) is 9.80 Å². The Hall–Kier alpha value is -0.990. The first-order chi connectivity index (χ1) is 7.29. The SMILES string of the molecule is CN1CCCC=C(N2CCCCC2)C1=O. The maximum Gasteiger partial charge on any atom is 0.269 e. The fraction of sp³-hybridized carbons (Fsp3) is 0.750. The quantitative estimate of drug-likeness (QED) is 0.653. The molecule has 0 spiro atoms. The van der Waals surface area contributed by atoms with Crippen molar-refractivity contribution in [2.75, 3.05) is 26.7 Å². The molecule has 0 atom stereocenters. The van der Waals surface area contributed by atoms with Crippen LogP contribution in [-0.2, 0) is 4.79 Å². The first-order valence-electron chi connectivity index (χ1n) is 5.99. The molecule has 3 nitrogen and oxygen atoms in total. The Morgan fingerprint density at radius 3 is 2.53 bits per heavy atom. The summed E-state index contributed by atoms with van der Waals surface area (Å²) in [6.07, 6.45) is 8.05. The van der Waals surface area contributed by atoms with Gasteiger partial charge in [0.1, 0.15) is 0 Å². The average Bonchev–Trinajstić information content (AvgIpc) is 2.44. The van der Waals surface area contributed by atoms with Gasteiger partial charge in [0.05, 0.1) is 5.70 Å². The van der Waals surface area contributed by atoms with E-state index in [9.17, 15) is 4.79 Å². The molecule has 0 bridgehead atoms. The third kappa shape index (κ3) is 2.33. The van der Waals surface area contributed by atoms with Gasteiger partial charge in [0, 0.05) is 26.7 Å². The maximum atomic E-state index is 12.1. The molecule has 15 heavy (non-hydrogen) atoms. The number of likely N-dealkylation sites (tertiary alicyclic amines) is 1. The lowest BCUT2D eigenvalue weighted by atomic mass is 10.1. The first-order valence-corrected chi connectivity index (χ1v) is 5.99. The predicted octanol–water partition coefficient (Wildman–Crippen LogP) is 1.61. The minimum Gasteiger partial charge on any atom is -0.367 e. The summed E-state index contributed by atoms with van der Waals surface area (Å²) in [5.41, 5.74) is 0.953. The van der Waals surface area contributed by atoms with E-state index in [2.05, 4.69) is 11.0 Å². The maximum absolute atomic E-state index is 12.1. The smallest absolute Gasteiger partial charge is 0.269 e. The molecule has 0 aromatic rings. The van der Waals surface area contributed by atoms with Gasteiger partial charge < -0.3 is 9.80 Å². The molecule has 0 unspecified atom stereocenters. The van der Waals surface area contributed by atoms with Crippen LogP contribution in [0.5, 0.6) is 0 Å². The van der Waals surface area contributed by atoms with E-state index in [1.165, 1.54) is 19.3 Å². The van der Waals surface area contributed by atoms with Crippen LogP contribution in [0.3, 0.4) is 0 Å². The molecule has 84 valence electrons. The van der Waals surface area contributed by atoms with E-state index >= 15 is 0 Å². The van der Waals surface area contributed by atoms with Crippen LogP contribution in [0, 0.1) is 0 Å². The van der Waals surface area contributed by atoms with Crippen molar-refractivity contribution in [3.05, 3.63) is 11.8 Å². The lowest BCUT2D eigenvalue weighted by Gasteiger charge is -2.31. The number of hydrogen-bond donors (Lipinski definition) is 0. The van der Waals surface area contributed by atoms with Crippen LogP contribution >= 0.6 is 0 Å². The standard InChI is InChI=1S/C12H20N2O/c1-13-8-6-3-7-11(12(13)15)14-9-4-2-5-10-14/h7H,2-6,8-10H2,1H3. The van der Waals surface area contributed by atoms with Crippen LogP contribution in [0.1, 0.15) is 32.1 Å². The summed E-state index contributed by atoms with van der Waals surface area (Å²) in [5, 5.41) is 0. The van der Waals surface area contributed by atoms with Gasteiger partial charge in [-0.1, -0.05) is 6.08 Å². The molecular formula is C12H20N2O. The lowest BCUT2D eigenvalue weighted by Crippen LogP contribution is -2.38. The second-order valence-electron chi connectivity index (χ2n) is 4.51. The van der Waals surface area contributed by atoms with Gasteiger partial charge in [-0.15, -0.1) is 0 Å². The van der Waals surface area contributed by atoms with Crippen molar-refractivity contribution in [1.29, 1.82) is 0 Å². The van der Waals surface area contributed by atoms with E-state index in [-0.39, 0.29) is 5.91 Å². The van der Waals surface area contributed by atoms with Gasteiger partial charge >= 0.3 is 0 Å². The van der Waals surface area contributed by atoms with Gasteiger partial charge in [-0.25, -0.2) is 0 Å². The first kappa shape index (κ1) is 10.5. The molecule has 3 heteroatoms. The van der Waals surface area contributed by atoms with E-state index in [0.717, 1.165) is 38.2 Å². The molecule has 0 aromatic heterocycles. The third-order valence-electron chi connectivity index (χ3n) is 3.30. The van der Waals surface area contributed by atoms with E-state index in [4.69, 9.17) is 0 Å². The molecule has 1 fully saturated rings. The number of rotatable bonds is 1. The Morgan fingerprint density at radius 1 is 1.07 bits per heavy atom. The van der Waals surface area contributed by atoms with Crippen LogP contribution in [0.25, 0.3) is 0 Å². The van der Waals surface area contributed by atoms with Crippen molar-refractivity contribution in [2.24, 2.45) is 0 Å². The van der Waals surface area contributed by atoms with E-state index in [1.54, 1.807) is 0 Å². The highest BCUT2D eigenvalue weighted by atomic mass is 16.2. The van der Waals surface area contributed by atoms with Crippen LogP contribution in [0.15, 0.2) is 11.8 Å². The Kier molecular flexibility index (Phi) is 3.29. The zero-order valence-electron chi connectivity index (χ0n) is 9.54. The number of likely N-dealkylation sites (N-methyl/N-ethyl adjacent to an activating group) is 1. The Labute approximate surface area is 91.7 Å². The lowest BCUT2D eigenvalue weighted by molar-refractivity contribution is -0.127. The number of allylic oxidation sites excluding steroid dienone is 1. The van der Waals surface area contributed by atoms with Gasteiger partial charge in [-0.3, -0.25) is 4.79 Å². The number of hydrogen-bond acceptors (Lipinski definition) is 2. The van der Waals surface area contributed by atoms with Crippen molar-refractivity contribution < 1.29 is 4.79 Å². The van der Waals surface area contributed by atoms with Gasteiger partial charge in [-0.05, 0) is 32.1 Å². The van der Waals surface area contributed by atoms with Crippen molar-refractivity contribution >= 4 is 5.91 Å². The number of carbonyl (C=O) groups excluding carboxylic acids is 1. The van der Waals surface area contributed by atoms with Crippen LogP contribution in [0.2, 0.25) is 0 Å². The van der Waals surface area contributed by atoms with Gasteiger partial charge in [0.2, 0.25) is 0 Å². The number of amides is 1. The van der Waals surface area contributed by atoms with Crippen molar-refractivity contribution in [2.45, 2.75) is 32.1 Å². The molecule has 1 saturated heterocycles. The summed E-state index contributed by atoms with van der Waals surface area (Å²) >= 11 is 0. The van der Waals surface area contributed by atoms with Crippen LogP contribution in [0.4, 0.5) is 0 Å². The van der Waals surface area contributed by atoms with Gasteiger partial charge in [-0.2, -0.15) is 0 Å². The summed E-state index contributed by atoms with van der Waals surface area (Å²) in [5.74, 6) is 0.217. The van der Waals surface area contributed by atoms with Gasteiger partial charge in [0.25, 0.3) is 5.91 Å². The summed E-state index contributed by atoms with van der Waals surface area (Å²) in [4.78, 5) is 16.2. The van der Waals surface area contributed by atoms with E-state index in [1.807, 2.05) is 11.9 Å². The third-order valence-corrected chi connectivity index (χ3v) is 3.30. The molecule has 1 amide bonds. The summed E-state index contributed by atoms with van der Waals surface area (Å²) in [7, 11) is 1.91. The van der Waals surface area contributed by atoms with Crippen molar-refractivity contribution in [3.63, 3.8) is 0 Å². The van der Waals surface area contributed by atoms with Crippen LogP contribution < -0.4 is 0 Å². The molecule has 0 aliphatic carbocycles. The molecule has 2 heterocycles. The monoisotopic (exact) mass is 208 g/mol. The molecular weight excluding hydrogens is 188 g/mol. The molecule has 0 saturated carbocycles. The van der Waals surface area contributed by atoms with E-state index < -0.39 is 0 Å². The highest BCUT2D eigenvalue weighted by Crippen LogP contribution is 2.19. The van der Waals surface area contributed by atoms with E-state index in [0.29, 0.717) is 0 Å². The minimum atomic E-state index is 0.217. The highest BCUT2D eigenvalue weighted by Gasteiger charge is 2.23. The zero-order chi connectivity index (χ0) is 10.7. The molecule has 0 aromatic carbocycles. The normalized spacial score (nSPS) is 23.8. The predicted molar refractivity (Wildman–Crippen MR) is 60.4 cm³/mol. The zero-order valence-corrected chi connectivity index (χ0v) is 9.54.